The fourth-order valence-electron chi connectivity index (χ4n) is 3.91. The molecule has 6 heteroatoms. The van der Waals surface area contributed by atoms with Crippen molar-refractivity contribution in [1.29, 1.82) is 0 Å². The molecule has 1 aliphatic heterocycles. The smallest absolute Gasteiger partial charge is 0.278 e. The Kier molecular flexibility index (Phi) is 6.25. The van der Waals surface area contributed by atoms with Crippen molar-refractivity contribution in [2.75, 3.05) is 12.4 Å². The van der Waals surface area contributed by atoms with Crippen LogP contribution in [0.25, 0.3) is 5.57 Å². The van der Waals surface area contributed by atoms with Gasteiger partial charge < -0.3 is 10.1 Å². The molecular formula is C27H25ClN2O3. The number of anilines is 1. The van der Waals surface area contributed by atoms with Gasteiger partial charge in [-0.3, -0.25) is 14.5 Å². The Morgan fingerprint density at radius 2 is 1.64 bits per heavy atom. The summed E-state index contributed by atoms with van der Waals surface area (Å²) >= 11 is 6.10. The number of ether oxygens (including phenoxy) is 1. The van der Waals surface area contributed by atoms with Crippen LogP contribution >= 0.6 is 11.6 Å². The van der Waals surface area contributed by atoms with Crippen LogP contribution in [0.3, 0.4) is 0 Å². The zero-order valence-electron chi connectivity index (χ0n) is 19.0. The van der Waals surface area contributed by atoms with Crippen LogP contribution in [0.2, 0.25) is 5.02 Å². The maximum atomic E-state index is 13.6. The number of nitrogens with zero attached hydrogens (tertiary/aromatic N) is 1. The van der Waals surface area contributed by atoms with Gasteiger partial charge in [0.2, 0.25) is 0 Å². The Hall–Kier alpha value is -3.57. The van der Waals surface area contributed by atoms with Gasteiger partial charge in [0, 0.05) is 16.3 Å². The van der Waals surface area contributed by atoms with Crippen LogP contribution in [0.4, 0.5) is 5.69 Å². The van der Waals surface area contributed by atoms with E-state index in [4.69, 9.17) is 16.3 Å². The van der Waals surface area contributed by atoms with E-state index < -0.39 is 0 Å². The Labute approximate surface area is 198 Å². The molecule has 1 aliphatic rings. The monoisotopic (exact) mass is 460 g/mol. The number of aryl methyl sites for hydroxylation is 3. The van der Waals surface area contributed by atoms with Gasteiger partial charge in [0.1, 0.15) is 11.4 Å². The highest BCUT2D eigenvalue weighted by Crippen LogP contribution is 2.34. The van der Waals surface area contributed by atoms with Crippen molar-refractivity contribution in [3.05, 3.63) is 99.2 Å². The summed E-state index contributed by atoms with van der Waals surface area (Å²) in [4.78, 5) is 28.4. The number of para-hydroxylation sites is 1. The van der Waals surface area contributed by atoms with Crippen molar-refractivity contribution in [2.45, 2.75) is 27.3 Å². The number of carbonyl (C=O) groups is 2. The lowest BCUT2D eigenvalue weighted by molar-refractivity contribution is -0.137. The minimum absolute atomic E-state index is 0.112. The van der Waals surface area contributed by atoms with E-state index in [1.807, 2.05) is 75.4 Å². The molecule has 3 aromatic carbocycles. The van der Waals surface area contributed by atoms with E-state index in [0.29, 0.717) is 21.9 Å². The Morgan fingerprint density at radius 1 is 0.879 bits per heavy atom. The summed E-state index contributed by atoms with van der Waals surface area (Å²) in [5, 5.41) is 3.83. The summed E-state index contributed by atoms with van der Waals surface area (Å²) in [5.41, 5.74) is 5.82. The average molecular weight is 461 g/mol. The van der Waals surface area contributed by atoms with Gasteiger partial charge in [-0.2, -0.15) is 0 Å². The first-order valence-electron chi connectivity index (χ1n) is 10.6. The van der Waals surface area contributed by atoms with Gasteiger partial charge in [-0.05, 0) is 67.3 Å². The number of benzene rings is 3. The molecule has 0 fully saturated rings. The Bertz CT molecular complexity index is 1300. The maximum Gasteiger partial charge on any atom is 0.278 e. The first-order chi connectivity index (χ1) is 15.8. The fourth-order valence-corrected chi connectivity index (χ4v) is 4.13. The van der Waals surface area contributed by atoms with Crippen molar-refractivity contribution >= 4 is 34.7 Å². The molecule has 0 radical (unpaired) electrons. The fraction of sp³-hybridized carbons (Fsp3) is 0.185. The second kappa shape index (κ2) is 9.12. The van der Waals surface area contributed by atoms with Crippen LogP contribution in [0.15, 0.2) is 66.4 Å². The quantitative estimate of drug-likeness (QED) is 0.482. The van der Waals surface area contributed by atoms with Crippen molar-refractivity contribution in [1.82, 2.24) is 4.90 Å². The molecule has 1 N–H and O–H groups in total. The molecule has 1 heterocycles. The van der Waals surface area contributed by atoms with Crippen LogP contribution in [-0.4, -0.2) is 23.8 Å². The second-order valence-corrected chi connectivity index (χ2v) is 8.58. The third-order valence-electron chi connectivity index (χ3n) is 5.93. The van der Waals surface area contributed by atoms with E-state index >= 15 is 0 Å². The van der Waals surface area contributed by atoms with E-state index in [-0.39, 0.29) is 24.1 Å². The molecule has 5 nitrogen and oxygen atoms in total. The van der Waals surface area contributed by atoms with E-state index in [2.05, 4.69) is 5.32 Å². The highest BCUT2D eigenvalue weighted by atomic mass is 35.5. The third-order valence-corrected chi connectivity index (χ3v) is 6.17. The van der Waals surface area contributed by atoms with Crippen molar-refractivity contribution in [3.63, 3.8) is 0 Å². The van der Waals surface area contributed by atoms with Gasteiger partial charge in [-0.15, -0.1) is 0 Å². The molecule has 33 heavy (non-hydrogen) atoms. The first-order valence-corrected chi connectivity index (χ1v) is 11.0. The standard InChI is InChI=1S/C27H25ClN2O3/c1-16-9-10-19(13-17(16)2)24-25(29-22-12-11-21(28)14-18(22)3)27(32)30(26(24)31)15-20-7-5-6-8-23(20)33-4/h5-14,29H,15H2,1-4H3. The van der Waals surface area contributed by atoms with Crippen LogP contribution < -0.4 is 10.1 Å². The number of hydrogen-bond acceptors (Lipinski definition) is 4. The van der Waals surface area contributed by atoms with Crippen molar-refractivity contribution in [2.24, 2.45) is 0 Å². The summed E-state index contributed by atoms with van der Waals surface area (Å²) < 4.78 is 5.42. The highest BCUT2D eigenvalue weighted by molar-refractivity contribution is 6.36. The summed E-state index contributed by atoms with van der Waals surface area (Å²) in [7, 11) is 1.57. The Balaban J connectivity index is 1.79. The molecule has 4 rings (SSSR count). The number of halogens is 1. The molecule has 0 saturated carbocycles. The van der Waals surface area contributed by atoms with Crippen LogP contribution in [0, 0.1) is 20.8 Å². The summed E-state index contributed by atoms with van der Waals surface area (Å²) in [5.74, 6) is -0.0995. The molecular weight excluding hydrogens is 436 g/mol. The molecule has 0 aliphatic carbocycles. The van der Waals surface area contributed by atoms with Crippen molar-refractivity contribution < 1.29 is 14.3 Å². The Morgan fingerprint density at radius 3 is 2.33 bits per heavy atom. The molecule has 0 bridgehead atoms. The SMILES string of the molecule is COc1ccccc1CN1C(=O)C(Nc2ccc(Cl)cc2C)=C(c2ccc(C)c(C)c2)C1=O. The van der Waals surface area contributed by atoms with Gasteiger partial charge in [-0.25, -0.2) is 0 Å². The number of hydrogen-bond donors (Lipinski definition) is 1. The number of amides is 2. The zero-order valence-corrected chi connectivity index (χ0v) is 19.8. The van der Waals surface area contributed by atoms with Crippen LogP contribution in [0.5, 0.6) is 5.75 Å². The molecule has 0 spiro atoms. The molecule has 0 aromatic heterocycles. The number of carbonyl (C=O) groups excluding carboxylic acids is 2. The lowest BCUT2D eigenvalue weighted by Gasteiger charge is -2.17. The van der Waals surface area contributed by atoms with E-state index in [0.717, 1.165) is 27.9 Å². The number of methoxy groups -OCH3 is 1. The highest BCUT2D eigenvalue weighted by Gasteiger charge is 2.39. The molecule has 0 saturated heterocycles. The van der Waals surface area contributed by atoms with Gasteiger partial charge in [0.15, 0.2) is 0 Å². The third kappa shape index (κ3) is 4.37. The number of nitrogens with one attached hydrogen (secondary N) is 1. The minimum Gasteiger partial charge on any atom is -0.496 e. The summed E-state index contributed by atoms with van der Waals surface area (Å²) in [6.45, 7) is 6.02. The first kappa shape index (κ1) is 22.6. The van der Waals surface area contributed by atoms with Gasteiger partial charge in [-0.1, -0.05) is 48.0 Å². The lowest BCUT2D eigenvalue weighted by atomic mass is 9.99. The predicted octanol–water partition coefficient (Wildman–Crippen LogP) is 5.67. The number of imide groups is 1. The number of rotatable bonds is 6. The predicted molar refractivity (Wildman–Crippen MR) is 131 cm³/mol. The lowest BCUT2D eigenvalue weighted by Crippen LogP contribution is -2.32. The average Bonchev–Trinajstić information content (AvgIpc) is 3.02. The van der Waals surface area contributed by atoms with Gasteiger partial charge in [0.25, 0.3) is 11.8 Å². The summed E-state index contributed by atoms with van der Waals surface area (Å²) in [6.07, 6.45) is 0. The van der Waals surface area contributed by atoms with E-state index in [1.54, 1.807) is 13.2 Å². The van der Waals surface area contributed by atoms with E-state index in [9.17, 15) is 9.59 Å². The minimum atomic E-state index is -0.381. The second-order valence-electron chi connectivity index (χ2n) is 8.14. The largest absolute Gasteiger partial charge is 0.496 e. The molecule has 0 atom stereocenters. The topological polar surface area (TPSA) is 58.6 Å². The molecule has 0 unspecified atom stereocenters. The van der Waals surface area contributed by atoms with Gasteiger partial charge >= 0.3 is 0 Å². The van der Waals surface area contributed by atoms with E-state index in [1.165, 1.54) is 4.90 Å². The van der Waals surface area contributed by atoms with Crippen LogP contribution in [-0.2, 0) is 16.1 Å². The van der Waals surface area contributed by atoms with Crippen molar-refractivity contribution in [3.8, 4) is 5.75 Å². The summed E-state index contributed by atoms with van der Waals surface area (Å²) in [6, 6.07) is 18.5. The zero-order chi connectivity index (χ0) is 23.7. The van der Waals surface area contributed by atoms with Crippen LogP contribution in [0.1, 0.15) is 27.8 Å². The maximum absolute atomic E-state index is 13.6. The van der Waals surface area contributed by atoms with Gasteiger partial charge in [0.05, 0.1) is 19.2 Å². The molecule has 2 amide bonds. The normalized spacial score (nSPS) is 13.7. The molecule has 3 aromatic rings. The molecule has 168 valence electrons.